The van der Waals surface area contributed by atoms with Crippen molar-refractivity contribution in [2.45, 2.75) is 19.3 Å². The van der Waals surface area contributed by atoms with Gasteiger partial charge in [0, 0.05) is 21.0 Å². The van der Waals surface area contributed by atoms with Gasteiger partial charge in [-0.1, -0.05) is 17.7 Å². The largest absolute Gasteiger partial charge is 0.276 e. The van der Waals surface area contributed by atoms with Gasteiger partial charge in [-0.25, -0.2) is 0 Å². The number of aromatic nitrogens is 2. The molecule has 0 saturated carbocycles. The van der Waals surface area contributed by atoms with Crippen LogP contribution in [0.5, 0.6) is 0 Å². The summed E-state index contributed by atoms with van der Waals surface area (Å²) in [6.07, 6.45) is 7.92. The lowest BCUT2D eigenvalue weighted by Crippen LogP contribution is -1.91. The van der Waals surface area contributed by atoms with Gasteiger partial charge in [0.1, 0.15) is 0 Å². The number of H-pyrrole nitrogens is 1. The van der Waals surface area contributed by atoms with Crippen LogP contribution in [-0.2, 0) is 6.42 Å². The van der Waals surface area contributed by atoms with Crippen molar-refractivity contribution < 1.29 is 0 Å². The maximum Gasteiger partial charge on any atom is 0.0962 e. The Hall–Kier alpha value is -1.13. The Morgan fingerprint density at radius 2 is 2.33 bits per heavy atom. The lowest BCUT2D eigenvalue weighted by molar-refractivity contribution is 0.932. The first-order valence-electron chi connectivity index (χ1n) is 6.03. The third-order valence-corrected chi connectivity index (χ3v) is 5.31. The van der Waals surface area contributed by atoms with Gasteiger partial charge in [0.15, 0.2) is 0 Å². The van der Waals surface area contributed by atoms with E-state index < -0.39 is 0 Å². The molecule has 2 heterocycles. The van der Waals surface area contributed by atoms with Gasteiger partial charge in [-0.2, -0.15) is 5.10 Å². The zero-order valence-electron chi connectivity index (χ0n) is 9.66. The van der Waals surface area contributed by atoms with Crippen molar-refractivity contribution in [3.8, 4) is 10.6 Å². The average Bonchev–Trinajstić information content (AvgIpc) is 3.03. The Morgan fingerprint density at radius 3 is 3.17 bits per heavy atom. The fourth-order valence-electron chi connectivity index (χ4n) is 2.76. The highest BCUT2D eigenvalue weighted by atomic mass is 79.9. The Kier molecular flexibility index (Phi) is 2.35. The van der Waals surface area contributed by atoms with Gasteiger partial charge >= 0.3 is 0 Å². The summed E-state index contributed by atoms with van der Waals surface area (Å²) in [5.41, 5.74) is 6.65. The molecule has 1 N–H and O–H groups in total. The summed E-state index contributed by atoms with van der Waals surface area (Å²) in [5, 5.41) is 9.85. The van der Waals surface area contributed by atoms with Crippen molar-refractivity contribution in [2.75, 3.05) is 0 Å². The van der Waals surface area contributed by atoms with E-state index >= 15 is 0 Å². The normalized spacial score (nSPS) is 17.2. The zero-order chi connectivity index (χ0) is 12.1. The van der Waals surface area contributed by atoms with Crippen LogP contribution in [-0.4, -0.2) is 10.2 Å². The van der Waals surface area contributed by atoms with E-state index in [1.54, 1.807) is 16.9 Å². The number of thiophene rings is 1. The zero-order valence-corrected chi connectivity index (χ0v) is 12.1. The highest BCUT2D eigenvalue weighted by Gasteiger charge is 2.27. The second kappa shape index (κ2) is 3.93. The summed E-state index contributed by atoms with van der Waals surface area (Å²) in [4.78, 5) is 1.26. The lowest BCUT2D eigenvalue weighted by Gasteiger charge is -2.07. The summed E-state index contributed by atoms with van der Waals surface area (Å²) < 4.78 is 1.14. The molecule has 0 radical (unpaired) electrons. The van der Waals surface area contributed by atoms with E-state index in [2.05, 4.69) is 49.7 Å². The summed E-state index contributed by atoms with van der Waals surface area (Å²) in [6.45, 7) is 0. The van der Waals surface area contributed by atoms with Gasteiger partial charge in [0.2, 0.25) is 0 Å². The van der Waals surface area contributed by atoms with E-state index in [1.165, 1.54) is 40.2 Å². The van der Waals surface area contributed by atoms with Gasteiger partial charge in [-0.3, -0.25) is 5.10 Å². The van der Waals surface area contributed by atoms with Crippen molar-refractivity contribution in [1.29, 1.82) is 0 Å². The molecule has 0 unspecified atom stereocenters. The summed E-state index contributed by atoms with van der Waals surface area (Å²) in [5.74, 6) is 0. The quantitative estimate of drug-likeness (QED) is 0.820. The van der Waals surface area contributed by atoms with E-state index in [0.29, 0.717) is 0 Å². The van der Waals surface area contributed by atoms with Crippen molar-refractivity contribution in [3.05, 3.63) is 44.9 Å². The smallest absolute Gasteiger partial charge is 0.0962 e. The van der Waals surface area contributed by atoms with Crippen molar-refractivity contribution in [3.63, 3.8) is 0 Å². The number of halogens is 1. The van der Waals surface area contributed by atoms with Crippen molar-refractivity contribution >= 4 is 32.8 Å². The lowest BCUT2D eigenvalue weighted by atomic mass is 9.99. The average molecular weight is 319 g/mol. The summed E-state index contributed by atoms with van der Waals surface area (Å²) in [6, 6.07) is 2.16. The molecule has 0 aromatic carbocycles. The maximum atomic E-state index is 4.52. The molecule has 2 aliphatic rings. The molecule has 2 aliphatic carbocycles. The number of aromatic amines is 1. The summed E-state index contributed by atoms with van der Waals surface area (Å²) in [7, 11) is 0. The first kappa shape index (κ1) is 10.8. The number of allylic oxidation sites excluding steroid dienone is 4. The second-order valence-electron chi connectivity index (χ2n) is 4.69. The minimum atomic E-state index is 1.07. The van der Waals surface area contributed by atoms with Crippen LogP contribution in [0.4, 0.5) is 0 Å². The van der Waals surface area contributed by atoms with Gasteiger partial charge in [-0.05, 0) is 41.3 Å². The van der Waals surface area contributed by atoms with E-state index in [1.807, 2.05) is 0 Å². The molecule has 0 saturated heterocycles. The molecule has 0 spiro atoms. The third-order valence-electron chi connectivity index (χ3n) is 3.60. The molecule has 0 bridgehead atoms. The van der Waals surface area contributed by atoms with Crippen LogP contribution >= 0.6 is 27.3 Å². The van der Waals surface area contributed by atoms with Gasteiger partial charge in [-0.15, -0.1) is 11.3 Å². The molecule has 4 rings (SSSR count). The molecule has 0 fully saturated rings. The Bertz CT molecular complexity index is 690. The number of rotatable bonds is 1. The predicted molar refractivity (Wildman–Crippen MR) is 78.6 cm³/mol. The van der Waals surface area contributed by atoms with E-state index in [9.17, 15) is 0 Å². The van der Waals surface area contributed by atoms with Crippen LogP contribution in [0, 0.1) is 0 Å². The summed E-state index contributed by atoms with van der Waals surface area (Å²) >= 11 is 5.27. The van der Waals surface area contributed by atoms with Gasteiger partial charge in [0.25, 0.3) is 0 Å². The molecule has 0 aliphatic heterocycles. The molecule has 2 aromatic heterocycles. The molecule has 4 heteroatoms. The van der Waals surface area contributed by atoms with Crippen molar-refractivity contribution in [1.82, 2.24) is 10.2 Å². The topological polar surface area (TPSA) is 28.7 Å². The maximum absolute atomic E-state index is 4.52. The minimum absolute atomic E-state index is 1.07. The molecule has 90 valence electrons. The number of fused-ring (bicyclic) bond motifs is 2. The van der Waals surface area contributed by atoms with Crippen molar-refractivity contribution in [2.24, 2.45) is 0 Å². The molecule has 2 aromatic rings. The van der Waals surface area contributed by atoms with Gasteiger partial charge < -0.3 is 0 Å². The first-order chi connectivity index (χ1) is 8.83. The Morgan fingerprint density at radius 1 is 1.39 bits per heavy atom. The van der Waals surface area contributed by atoms with Crippen LogP contribution in [0.2, 0.25) is 0 Å². The molecule has 0 atom stereocenters. The molecule has 0 amide bonds. The predicted octanol–water partition coefficient (Wildman–Crippen LogP) is 4.56. The van der Waals surface area contributed by atoms with E-state index in [-0.39, 0.29) is 0 Å². The number of hydrogen-bond acceptors (Lipinski definition) is 2. The monoisotopic (exact) mass is 318 g/mol. The van der Waals surface area contributed by atoms with E-state index in [4.69, 9.17) is 0 Å². The molecular weight excluding hydrogens is 308 g/mol. The van der Waals surface area contributed by atoms with Crippen LogP contribution in [0.1, 0.15) is 24.1 Å². The van der Waals surface area contributed by atoms with Crippen LogP contribution < -0.4 is 0 Å². The van der Waals surface area contributed by atoms with Crippen LogP contribution in [0.25, 0.3) is 16.1 Å². The number of nitrogens with zero attached hydrogens (tertiary/aromatic N) is 1. The molecule has 2 nitrogen and oxygen atoms in total. The third kappa shape index (κ3) is 1.49. The highest BCUT2D eigenvalue weighted by Crippen LogP contribution is 2.42. The number of nitrogens with one attached hydrogen (secondary N) is 1. The minimum Gasteiger partial charge on any atom is -0.276 e. The Balaban J connectivity index is 1.83. The molecule has 18 heavy (non-hydrogen) atoms. The second-order valence-corrected chi connectivity index (χ2v) is 6.52. The van der Waals surface area contributed by atoms with E-state index in [0.717, 1.165) is 10.9 Å². The van der Waals surface area contributed by atoms with Crippen LogP contribution in [0.3, 0.4) is 0 Å². The SMILES string of the molecule is Brc1csc(-c2[nH]nc3c2CC2=C3C=CCC2)c1. The standard InChI is InChI=1S/C14H11BrN2S/c15-9-6-12(18-7-9)14-11-5-8-3-1-2-4-10(8)13(11)16-17-14/h2,4,6-7H,1,3,5H2,(H,16,17). The Labute approximate surface area is 118 Å². The molecular formula is C14H11BrN2S. The first-order valence-corrected chi connectivity index (χ1v) is 7.71. The number of hydrogen-bond donors (Lipinski definition) is 1. The van der Waals surface area contributed by atoms with Gasteiger partial charge in [0.05, 0.1) is 16.3 Å². The van der Waals surface area contributed by atoms with Crippen LogP contribution in [0.15, 0.2) is 33.6 Å². The fraction of sp³-hybridized carbons (Fsp3) is 0.214. The highest BCUT2D eigenvalue weighted by molar-refractivity contribution is 9.10. The fourth-order valence-corrected chi connectivity index (χ4v) is 4.21.